The Hall–Kier alpha value is -3.89. The number of hydrogen-bond donors (Lipinski definition) is 1. The SMILES string of the molecule is C[C@H](C(=O)O)N1C(=O)c2ccc([N+](=O)[O-])c3c([N+](=O)[O-])ccc(c23)C1=O. The van der Waals surface area contributed by atoms with Gasteiger partial charge in [-0.1, -0.05) is 0 Å². The minimum Gasteiger partial charge on any atom is -0.480 e. The van der Waals surface area contributed by atoms with Gasteiger partial charge in [-0.05, 0) is 19.1 Å². The highest BCUT2D eigenvalue weighted by atomic mass is 16.6. The predicted molar refractivity (Wildman–Crippen MR) is 84.9 cm³/mol. The molecule has 2 aromatic rings. The van der Waals surface area contributed by atoms with Crippen molar-refractivity contribution >= 4 is 39.9 Å². The van der Waals surface area contributed by atoms with Crippen LogP contribution in [0.5, 0.6) is 0 Å². The third kappa shape index (κ3) is 2.17. The molecule has 1 heterocycles. The van der Waals surface area contributed by atoms with E-state index in [1.807, 2.05) is 0 Å². The minimum atomic E-state index is -1.48. The Morgan fingerprint density at radius 2 is 1.38 bits per heavy atom. The second kappa shape index (κ2) is 5.58. The van der Waals surface area contributed by atoms with E-state index in [9.17, 15) is 34.6 Å². The van der Waals surface area contributed by atoms with Crippen molar-refractivity contribution in [2.24, 2.45) is 0 Å². The highest BCUT2D eigenvalue weighted by Gasteiger charge is 2.41. The molecule has 0 saturated heterocycles. The van der Waals surface area contributed by atoms with E-state index in [-0.39, 0.29) is 16.5 Å². The summed E-state index contributed by atoms with van der Waals surface area (Å²) in [5.41, 5.74) is -1.68. The van der Waals surface area contributed by atoms with Gasteiger partial charge >= 0.3 is 5.97 Å². The average Bonchev–Trinajstić information content (AvgIpc) is 2.58. The maximum atomic E-state index is 12.6. The molecule has 3 rings (SSSR count). The molecule has 26 heavy (non-hydrogen) atoms. The fourth-order valence-electron chi connectivity index (χ4n) is 2.93. The van der Waals surface area contributed by atoms with Crippen molar-refractivity contribution in [3.8, 4) is 0 Å². The van der Waals surface area contributed by atoms with Crippen LogP contribution in [0.2, 0.25) is 0 Å². The van der Waals surface area contributed by atoms with E-state index in [1.54, 1.807) is 0 Å². The fourth-order valence-corrected chi connectivity index (χ4v) is 2.93. The standard InChI is InChI=1S/C15H9N3O8/c1-6(15(21)22)16-13(19)7-2-4-9(17(23)24)12-10(18(25)26)5-3-8(11(7)12)14(16)20/h2-6H,1H3,(H,21,22)/t6-/m1/s1. The maximum absolute atomic E-state index is 12.6. The molecule has 2 amide bonds. The summed E-state index contributed by atoms with van der Waals surface area (Å²) >= 11 is 0. The first kappa shape index (κ1) is 17.0. The molecule has 1 N–H and O–H groups in total. The van der Waals surface area contributed by atoms with Gasteiger partial charge in [0.15, 0.2) is 0 Å². The topological polar surface area (TPSA) is 161 Å². The summed E-state index contributed by atoms with van der Waals surface area (Å²) in [5, 5.41) is 31.0. The molecule has 1 aliphatic rings. The van der Waals surface area contributed by atoms with Crippen LogP contribution in [0.4, 0.5) is 11.4 Å². The van der Waals surface area contributed by atoms with E-state index in [0.717, 1.165) is 31.2 Å². The van der Waals surface area contributed by atoms with Crippen LogP contribution in [0, 0.1) is 20.2 Å². The van der Waals surface area contributed by atoms with Crippen LogP contribution in [0.1, 0.15) is 27.6 Å². The summed E-state index contributed by atoms with van der Waals surface area (Å²) in [4.78, 5) is 57.8. The van der Waals surface area contributed by atoms with Gasteiger partial charge in [0, 0.05) is 28.6 Å². The smallest absolute Gasteiger partial charge is 0.326 e. The molecule has 0 saturated carbocycles. The molecule has 0 spiro atoms. The first-order valence-electron chi connectivity index (χ1n) is 7.16. The summed E-state index contributed by atoms with van der Waals surface area (Å²) in [6.07, 6.45) is 0. The molecule has 0 radical (unpaired) electrons. The van der Waals surface area contributed by atoms with Gasteiger partial charge in [-0.3, -0.25) is 34.7 Å². The quantitative estimate of drug-likeness (QED) is 0.490. The zero-order valence-electron chi connectivity index (χ0n) is 13.0. The minimum absolute atomic E-state index is 0.211. The van der Waals surface area contributed by atoms with Gasteiger partial charge in [0.1, 0.15) is 11.4 Å². The molecule has 0 bridgehead atoms. The van der Waals surface area contributed by atoms with E-state index in [4.69, 9.17) is 5.11 Å². The van der Waals surface area contributed by atoms with Crippen molar-refractivity contribution in [1.29, 1.82) is 0 Å². The maximum Gasteiger partial charge on any atom is 0.326 e. The summed E-state index contributed by atoms with van der Waals surface area (Å²) in [7, 11) is 0. The van der Waals surface area contributed by atoms with Crippen molar-refractivity contribution in [2.45, 2.75) is 13.0 Å². The molecule has 2 aromatic carbocycles. The van der Waals surface area contributed by atoms with Crippen LogP contribution >= 0.6 is 0 Å². The second-order valence-corrected chi connectivity index (χ2v) is 5.52. The molecule has 0 unspecified atom stereocenters. The molecule has 1 atom stereocenters. The van der Waals surface area contributed by atoms with E-state index in [0.29, 0.717) is 4.90 Å². The van der Waals surface area contributed by atoms with Gasteiger partial charge in [-0.25, -0.2) is 4.79 Å². The number of imide groups is 1. The molecule has 11 heteroatoms. The van der Waals surface area contributed by atoms with Crippen molar-refractivity contribution in [2.75, 3.05) is 0 Å². The van der Waals surface area contributed by atoms with Gasteiger partial charge in [0.05, 0.1) is 9.85 Å². The molecule has 132 valence electrons. The van der Waals surface area contributed by atoms with Crippen LogP contribution in [0.15, 0.2) is 24.3 Å². The zero-order chi connectivity index (χ0) is 19.3. The summed E-state index contributed by atoms with van der Waals surface area (Å²) in [6, 6.07) is 2.48. The Kier molecular flexibility index (Phi) is 3.64. The summed E-state index contributed by atoms with van der Waals surface area (Å²) in [5.74, 6) is -3.40. The van der Waals surface area contributed by atoms with Gasteiger partial charge in [0.2, 0.25) is 0 Å². The van der Waals surface area contributed by atoms with Crippen molar-refractivity contribution < 1.29 is 29.3 Å². The van der Waals surface area contributed by atoms with Gasteiger partial charge < -0.3 is 5.11 Å². The van der Waals surface area contributed by atoms with E-state index >= 15 is 0 Å². The van der Waals surface area contributed by atoms with Crippen molar-refractivity contribution in [3.63, 3.8) is 0 Å². The Morgan fingerprint density at radius 1 is 0.962 bits per heavy atom. The number of non-ortho nitro benzene ring substituents is 2. The number of carboxylic acid groups (broad SMARTS) is 1. The number of benzene rings is 2. The van der Waals surface area contributed by atoms with E-state index in [2.05, 4.69) is 0 Å². The predicted octanol–water partition coefficient (Wildman–Crippen LogP) is 1.73. The van der Waals surface area contributed by atoms with Crippen LogP contribution in [-0.2, 0) is 4.79 Å². The molecule has 11 nitrogen and oxygen atoms in total. The lowest BCUT2D eigenvalue weighted by molar-refractivity contribution is -0.390. The Balaban J connectivity index is 2.44. The highest BCUT2D eigenvalue weighted by Crippen LogP contribution is 2.40. The number of nitro benzene ring substituents is 2. The Labute approximate surface area is 143 Å². The van der Waals surface area contributed by atoms with Gasteiger partial charge in [-0.15, -0.1) is 0 Å². The number of hydrogen-bond acceptors (Lipinski definition) is 7. The van der Waals surface area contributed by atoms with Crippen LogP contribution in [0.25, 0.3) is 10.8 Å². The molecule has 0 aromatic heterocycles. The van der Waals surface area contributed by atoms with Gasteiger partial charge in [0.25, 0.3) is 23.2 Å². The largest absolute Gasteiger partial charge is 0.480 e. The third-order valence-corrected chi connectivity index (χ3v) is 4.15. The molecular formula is C15H9N3O8. The number of rotatable bonds is 4. The molecule has 0 aliphatic carbocycles. The van der Waals surface area contributed by atoms with Crippen molar-refractivity contribution in [1.82, 2.24) is 4.90 Å². The summed E-state index contributed by atoms with van der Waals surface area (Å²) in [6.45, 7) is 1.14. The normalized spacial score (nSPS) is 14.4. The molecular weight excluding hydrogens is 350 g/mol. The highest BCUT2D eigenvalue weighted by molar-refractivity contribution is 6.28. The number of carboxylic acids is 1. The van der Waals surface area contributed by atoms with Crippen LogP contribution in [0.3, 0.4) is 0 Å². The van der Waals surface area contributed by atoms with Crippen LogP contribution in [-0.4, -0.2) is 43.7 Å². The van der Waals surface area contributed by atoms with Crippen LogP contribution < -0.4 is 0 Å². The van der Waals surface area contributed by atoms with E-state index in [1.165, 1.54) is 0 Å². The third-order valence-electron chi connectivity index (χ3n) is 4.15. The number of carbonyl (C=O) groups is 3. The summed E-state index contributed by atoms with van der Waals surface area (Å²) < 4.78 is 0. The molecule has 1 aliphatic heterocycles. The Morgan fingerprint density at radius 3 is 1.73 bits per heavy atom. The lowest BCUT2D eigenvalue weighted by Gasteiger charge is -2.29. The first-order chi connectivity index (χ1) is 12.2. The second-order valence-electron chi connectivity index (χ2n) is 5.52. The lowest BCUT2D eigenvalue weighted by Crippen LogP contribution is -2.49. The number of amides is 2. The lowest BCUT2D eigenvalue weighted by atomic mass is 9.91. The monoisotopic (exact) mass is 359 g/mol. The first-order valence-corrected chi connectivity index (χ1v) is 7.16. The zero-order valence-corrected chi connectivity index (χ0v) is 13.0. The average molecular weight is 359 g/mol. The molecule has 0 fully saturated rings. The van der Waals surface area contributed by atoms with Crippen molar-refractivity contribution in [3.05, 3.63) is 55.6 Å². The number of nitrogens with zero attached hydrogens (tertiary/aromatic N) is 3. The number of nitro groups is 2. The van der Waals surface area contributed by atoms with Gasteiger partial charge in [-0.2, -0.15) is 0 Å². The Bertz CT molecular complexity index is 976. The number of aliphatic carboxylic acids is 1. The number of carbonyl (C=O) groups excluding carboxylic acids is 2. The fraction of sp³-hybridized carbons (Fsp3) is 0.133. The van der Waals surface area contributed by atoms with E-state index < -0.39 is 50.4 Å².